The fraction of sp³-hybridized carbons (Fsp3) is 0.438. The smallest absolute Gasteiger partial charge is 0.269 e. The Bertz CT molecular complexity index is 672. The molecule has 0 bridgehead atoms. The zero-order valence-electron chi connectivity index (χ0n) is 12.8. The van der Waals surface area contributed by atoms with E-state index in [0.29, 0.717) is 11.8 Å². The van der Waals surface area contributed by atoms with Crippen LogP contribution in [0.1, 0.15) is 38.3 Å². The van der Waals surface area contributed by atoms with Crippen LogP contribution in [0.3, 0.4) is 0 Å². The summed E-state index contributed by atoms with van der Waals surface area (Å²) in [7, 11) is 0. The van der Waals surface area contributed by atoms with E-state index in [4.69, 9.17) is 0 Å². The molecule has 0 radical (unpaired) electrons. The summed E-state index contributed by atoms with van der Waals surface area (Å²) in [6.45, 7) is 5.28. The van der Waals surface area contributed by atoms with Crippen LogP contribution in [0.2, 0.25) is 0 Å². The molecule has 0 saturated heterocycles. The van der Waals surface area contributed by atoms with Crippen molar-refractivity contribution in [1.29, 1.82) is 0 Å². The second-order valence-electron chi connectivity index (χ2n) is 6.22. The molecule has 6 heteroatoms. The van der Waals surface area contributed by atoms with E-state index in [1.165, 1.54) is 30.7 Å². The van der Waals surface area contributed by atoms with Gasteiger partial charge in [0, 0.05) is 30.3 Å². The van der Waals surface area contributed by atoms with E-state index in [9.17, 15) is 10.1 Å². The highest BCUT2D eigenvalue weighted by atomic mass is 16.6. The number of benzene rings is 1. The van der Waals surface area contributed by atoms with Gasteiger partial charge in [-0.1, -0.05) is 13.8 Å². The highest BCUT2D eigenvalue weighted by molar-refractivity contribution is 5.63. The summed E-state index contributed by atoms with van der Waals surface area (Å²) in [6.07, 6.45) is 4.27. The third-order valence-electron chi connectivity index (χ3n) is 3.74. The molecule has 0 atom stereocenters. The van der Waals surface area contributed by atoms with Gasteiger partial charge in [-0.3, -0.25) is 14.8 Å². The van der Waals surface area contributed by atoms with Gasteiger partial charge in [-0.15, -0.1) is 0 Å². The minimum atomic E-state index is -0.389. The number of non-ortho nitro benzene ring substituents is 1. The number of hydrogen-bond donors (Lipinski definition) is 1. The largest absolute Gasteiger partial charge is 0.353 e. The normalized spacial score (nSPS) is 14.3. The highest BCUT2D eigenvalue weighted by Crippen LogP contribution is 2.44. The first-order valence-electron chi connectivity index (χ1n) is 7.61. The molecule has 0 amide bonds. The Morgan fingerprint density at radius 3 is 2.59 bits per heavy atom. The second kappa shape index (κ2) is 5.79. The van der Waals surface area contributed by atoms with E-state index in [1.807, 2.05) is 6.20 Å². The van der Waals surface area contributed by atoms with Crippen molar-refractivity contribution in [3.8, 4) is 0 Å². The van der Waals surface area contributed by atoms with Crippen molar-refractivity contribution in [1.82, 2.24) is 9.78 Å². The van der Waals surface area contributed by atoms with Crippen molar-refractivity contribution in [3.63, 3.8) is 0 Å². The summed E-state index contributed by atoms with van der Waals surface area (Å²) < 4.78 is 2.09. The van der Waals surface area contributed by atoms with E-state index < -0.39 is 0 Å². The lowest BCUT2D eigenvalue weighted by Gasteiger charge is -2.12. The predicted molar refractivity (Wildman–Crippen MR) is 85.4 cm³/mol. The van der Waals surface area contributed by atoms with Crippen molar-refractivity contribution in [2.45, 2.75) is 39.2 Å². The van der Waals surface area contributed by atoms with Crippen LogP contribution >= 0.6 is 0 Å². The molecule has 1 aliphatic rings. The number of hydrogen-bond acceptors (Lipinski definition) is 4. The molecule has 1 aromatic heterocycles. The monoisotopic (exact) mass is 300 g/mol. The van der Waals surface area contributed by atoms with Gasteiger partial charge < -0.3 is 5.32 Å². The number of nitrogens with zero attached hydrogens (tertiary/aromatic N) is 3. The second-order valence-corrected chi connectivity index (χ2v) is 6.22. The fourth-order valence-electron chi connectivity index (χ4n) is 2.59. The number of anilines is 2. The average Bonchev–Trinajstić information content (AvgIpc) is 3.23. The van der Waals surface area contributed by atoms with E-state index in [-0.39, 0.29) is 10.6 Å². The number of nitro groups is 1. The molecular formula is C16H20N4O2. The van der Waals surface area contributed by atoms with Crippen molar-refractivity contribution in [2.75, 3.05) is 5.32 Å². The number of rotatable bonds is 6. The van der Waals surface area contributed by atoms with Gasteiger partial charge in [0.2, 0.25) is 0 Å². The molecule has 6 nitrogen and oxygen atoms in total. The Morgan fingerprint density at radius 1 is 1.36 bits per heavy atom. The lowest BCUT2D eigenvalue weighted by molar-refractivity contribution is -0.384. The molecule has 1 fully saturated rings. The van der Waals surface area contributed by atoms with Gasteiger partial charge in [0.15, 0.2) is 0 Å². The quantitative estimate of drug-likeness (QED) is 0.644. The number of aromatic nitrogens is 2. The minimum absolute atomic E-state index is 0.100. The lowest BCUT2D eigenvalue weighted by atomic mass is 10.2. The third-order valence-corrected chi connectivity index (χ3v) is 3.74. The zero-order chi connectivity index (χ0) is 15.7. The Kier molecular flexibility index (Phi) is 3.83. The maximum atomic E-state index is 10.7. The molecule has 22 heavy (non-hydrogen) atoms. The van der Waals surface area contributed by atoms with Crippen LogP contribution in [-0.2, 0) is 6.54 Å². The van der Waals surface area contributed by atoms with Crippen LogP contribution in [0.15, 0.2) is 30.5 Å². The van der Waals surface area contributed by atoms with Gasteiger partial charge >= 0.3 is 0 Å². The van der Waals surface area contributed by atoms with Crippen LogP contribution in [-0.4, -0.2) is 14.7 Å². The summed E-state index contributed by atoms with van der Waals surface area (Å²) in [4.78, 5) is 10.3. The van der Waals surface area contributed by atoms with Gasteiger partial charge in [-0.25, -0.2) is 0 Å². The van der Waals surface area contributed by atoms with Crippen molar-refractivity contribution < 1.29 is 4.92 Å². The first-order valence-corrected chi connectivity index (χ1v) is 7.61. The van der Waals surface area contributed by atoms with Gasteiger partial charge in [-0.05, 0) is 30.9 Å². The maximum Gasteiger partial charge on any atom is 0.269 e. The van der Waals surface area contributed by atoms with E-state index in [2.05, 4.69) is 28.9 Å². The molecule has 1 N–H and O–H groups in total. The topological polar surface area (TPSA) is 73.0 Å². The lowest BCUT2D eigenvalue weighted by Crippen LogP contribution is -2.09. The van der Waals surface area contributed by atoms with Crippen LogP contribution in [0.25, 0.3) is 0 Å². The van der Waals surface area contributed by atoms with Crippen molar-refractivity contribution >= 4 is 17.1 Å². The van der Waals surface area contributed by atoms with Gasteiger partial charge in [0.05, 0.1) is 22.5 Å². The van der Waals surface area contributed by atoms with E-state index in [1.54, 1.807) is 12.1 Å². The highest BCUT2D eigenvalue weighted by Gasteiger charge is 2.30. The van der Waals surface area contributed by atoms with Crippen LogP contribution in [0, 0.1) is 16.0 Å². The Labute approximate surface area is 129 Å². The molecule has 2 aromatic rings. The van der Waals surface area contributed by atoms with Crippen molar-refractivity contribution in [2.24, 2.45) is 5.92 Å². The van der Waals surface area contributed by atoms with Gasteiger partial charge in [0.25, 0.3) is 5.69 Å². The zero-order valence-corrected chi connectivity index (χ0v) is 12.8. The molecule has 0 unspecified atom stereocenters. The Morgan fingerprint density at radius 2 is 2.05 bits per heavy atom. The first kappa shape index (κ1) is 14.6. The molecule has 1 heterocycles. The molecule has 1 aromatic carbocycles. The van der Waals surface area contributed by atoms with Crippen LogP contribution in [0.5, 0.6) is 0 Å². The Balaban J connectivity index is 1.82. The predicted octanol–water partition coefficient (Wildman–Crippen LogP) is 4.07. The number of nitrogens with one attached hydrogen (secondary N) is 1. The van der Waals surface area contributed by atoms with Crippen molar-refractivity contribution in [3.05, 3.63) is 46.3 Å². The summed E-state index contributed by atoms with van der Waals surface area (Å²) in [5.74, 6) is 1.13. The third kappa shape index (κ3) is 3.10. The average molecular weight is 300 g/mol. The van der Waals surface area contributed by atoms with Gasteiger partial charge in [-0.2, -0.15) is 5.10 Å². The summed E-state index contributed by atoms with van der Waals surface area (Å²) in [6, 6.07) is 6.48. The maximum absolute atomic E-state index is 10.7. The first-order chi connectivity index (χ1) is 10.5. The standard InChI is InChI=1S/C16H20N4O2/c1-11(2)10-19-16(12-3-4-12)15(9-17-19)18-13-5-7-14(8-6-13)20(21)22/h5-9,11-12,18H,3-4,10H2,1-2H3. The van der Waals surface area contributed by atoms with Crippen LogP contribution < -0.4 is 5.32 Å². The summed E-state index contributed by atoms with van der Waals surface area (Å²) in [5, 5.41) is 18.6. The minimum Gasteiger partial charge on any atom is -0.353 e. The van der Waals surface area contributed by atoms with Gasteiger partial charge in [0.1, 0.15) is 0 Å². The van der Waals surface area contributed by atoms with E-state index in [0.717, 1.165) is 17.9 Å². The molecule has 1 aliphatic carbocycles. The molecule has 3 rings (SSSR count). The molecule has 0 aliphatic heterocycles. The summed E-state index contributed by atoms with van der Waals surface area (Å²) in [5.41, 5.74) is 3.21. The molecule has 116 valence electrons. The van der Waals surface area contributed by atoms with E-state index >= 15 is 0 Å². The summed E-state index contributed by atoms with van der Waals surface area (Å²) >= 11 is 0. The molecular weight excluding hydrogens is 280 g/mol. The molecule has 0 spiro atoms. The molecule has 1 saturated carbocycles. The SMILES string of the molecule is CC(C)Cn1ncc(Nc2ccc([N+](=O)[O-])cc2)c1C1CC1. The van der Waals surface area contributed by atoms with Crippen LogP contribution in [0.4, 0.5) is 17.1 Å². The fourth-order valence-corrected chi connectivity index (χ4v) is 2.59. The number of nitro benzene ring substituents is 1. The Hall–Kier alpha value is -2.37.